The monoisotopic (exact) mass is 333 g/mol. The van der Waals surface area contributed by atoms with Gasteiger partial charge in [-0.15, -0.1) is 0 Å². The lowest BCUT2D eigenvalue weighted by molar-refractivity contribution is -0.112. The third-order valence-electron chi connectivity index (χ3n) is 2.26. The molecule has 8 heteroatoms. The predicted octanol–water partition coefficient (Wildman–Crippen LogP) is 2.74. The lowest BCUT2D eigenvalue weighted by Crippen LogP contribution is -2.24. The van der Waals surface area contributed by atoms with Crippen LogP contribution in [0.1, 0.15) is 0 Å². The molecule has 0 unspecified atom stereocenters. The van der Waals surface area contributed by atoms with Crippen LogP contribution in [0.25, 0.3) is 0 Å². The van der Waals surface area contributed by atoms with Gasteiger partial charge in [0.05, 0.1) is 12.8 Å². The number of carbonyl (C=O) groups is 1. The first kappa shape index (κ1) is 16.4. The Kier molecular flexibility index (Phi) is 5.52. The zero-order chi connectivity index (χ0) is 15.3. The number of hydrogen-bond acceptors (Lipinski definition) is 4. The van der Waals surface area contributed by atoms with E-state index in [2.05, 4.69) is 5.32 Å². The van der Waals surface area contributed by atoms with Crippen LogP contribution >= 0.6 is 34.8 Å². The van der Waals surface area contributed by atoms with Crippen molar-refractivity contribution in [3.05, 3.63) is 35.5 Å². The highest BCUT2D eigenvalue weighted by molar-refractivity contribution is 6.69. The molecule has 0 fully saturated rings. The van der Waals surface area contributed by atoms with E-state index >= 15 is 0 Å². The second-order valence-electron chi connectivity index (χ2n) is 3.58. The topological polar surface area (TPSA) is 88.1 Å². The Labute approximate surface area is 130 Å². The van der Waals surface area contributed by atoms with Crippen LogP contribution in [0.3, 0.4) is 0 Å². The maximum Gasteiger partial charge on any atom is 0.268 e. The minimum Gasteiger partial charge on any atom is -0.497 e. The van der Waals surface area contributed by atoms with Gasteiger partial charge in [0.1, 0.15) is 17.4 Å². The van der Waals surface area contributed by atoms with Crippen LogP contribution in [0.4, 0.5) is 5.69 Å². The number of ether oxygens (including phenoxy) is 1. The van der Waals surface area contributed by atoms with Crippen LogP contribution in [-0.2, 0) is 4.79 Å². The molecule has 0 aliphatic carbocycles. The van der Waals surface area contributed by atoms with Crippen LogP contribution < -0.4 is 15.8 Å². The third kappa shape index (κ3) is 4.20. The van der Waals surface area contributed by atoms with Crippen molar-refractivity contribution in [3.8, 4) is 11.8 Å². The van der Waals surface area contributed by atoms with Gasteiger partial charge in [0.25, 0.3) is 5.91 Å². The lowest BCUT2D eigenvalue weighted by atomic mass is 10.2. The predicted molar refractivity (Wildman–Crippen MR) is 78.7 cm³/mol. The Morgan fingerprint density at radius 3 is 2.30 bits per heavy atom. The quantitative estimate of drug-likeness (QED) is 0.505. The molecule has 5 nitrogen and oxygen atoms in total. The second-order valence-corrected chi connectivity index (χ2v) is 5.86. The number of alkyl halides is 3. The average molecular weight is 335 g/mol. The van der Waals surface area contributed by atoms with E-state index in [4.69, 9.17) is 50.5 Å². The van der Waals surface area contributed by atoms with Crippen molar-refractivity contribution < 1.29 is 9.53 Å². The van der Waals surface area contributed by atoms with E-state index in [0.717, 1.165) is 0 Å². The molecular weight excluding hydrogens is 325 g/mol. The van der Waals surface area contributed by atoms with E-state index in [0.29, 0.717) is 11.4 Å². The molecule has 20 heavy (non-hydrogen) atoms. The van der Waals surface area contributed by atoms with E-state index in [1.54, 1.807) is 30.3 Å². The first-order valence-corrected chi connectivity index (χ1v) is 6.35. The smallest absolute Gasteiger partial charge is 0.268 e. The van der Waals surface area contributed by atoms with Crippen molar-refractivity contribution in [2.45, 2.75) is 3.79 Å². The SMILES string of the molecule is COc1ccc(NC(=O)/C(C#N)=C(\N)C(Cl)(Cl)Cl)cc1. The molecule has 0 aliphatic heterocycles. The third-order valence-corrected chi connectivity index (χ3v) is 2.87. The van der Waals surface area contributed by atoms with Crippen molar-refractivity contribution in [1.29, 1.82) is 5.26 Å². The van der Waals surface area contributed by atoms with Crippen molar-refractivity contribution in [2.24, 2.45) is 5.73 Å². The van der Waals surface area contributed by atoms with Gasteiger partial charge in [-0.05, 0) is 24.3 Å². The zero-order valence-electron chi connectivity index (χ0n) is 10.3. The zero-order valence-corrected chi connectivity index (χ0v) is 12.6. The summed E-state index contributed by atoms with van der Waals surface area (Å²) in [4.78, 5) is 11.9. The standard InChI is InChI=1S/C12H10Cl3N3O2/c1-20-8-4-2-7(3-5-8)18-11(19)9(6-16)10(17)12(13,14)15/h2-5H,17H2,1H3,(H,18,19)/b10-9-. The van der Waals surface area contributed by atoms with Crippen LogP contribution in [-0.4, -0.2) is 16.8 Å². The number of nitrogens with two attached hydrogens (primary N) is 1. The maximum absolute atomic E-state index is 11.9. The van der Waals surface area contributed by atoms with E-state index in [-0.39, 0.29) is 0 Å². The fourth-order valence-corrected chi connectivity index (χ4v) is 1.53. The average Bonchev–Trinajstić information content (AvgIpc) is 2.39. The summed E-state index contributed by atoms with van der Waals surface area (Å²) in [5.74, 6) is -0.138. The molecule has 0 spiro atoms. The number of benzene rings is 1. The number of halogens is 3. The molecule has 0 radical (unpaired) electrons. The fraction of sp³-hybridized carbons (Fsp3) is 0.167. The summed E-state index contributed by atoms with van der Waals surface area (Å²) >= 11 is 16.6. The van der Waals surface area contributed by atoms with E-state index < -0.39 is 21.0 Å². The number of methoxy groups -OCH3 is 1. The number of amides is 1. The Hall–Kier alpha value is -1.61. The highest BCUT2D eigenvalue weighted by Gasteiger charge is 2.29. The summed E-state index contributed by atoms with van der Waals surface area (Å²) in [6.07, 6.45) is 0. The van der Waals surface area contributed by atoms with Crippen molar-refractivity contribution in [3.63, 3.8) is 0 Å². The van der Waals surface area contributed by atoms with Crippen LogP contribution in [0.2, 0.25) is 0 Å². The highest BCUT2D eigenvalue weighted by atomic mass is 35.6. The fourth-order valence-electron chi connectivity index (χ4n) is 1.24. The number of nitrogens with zero attached hydrogens (tertiary/aromatic N) is 1. The molecule has 0 saturated carbocycles. The first-order chi connectivity index (χ1) is 9.29. The summed E-state index contributed by atoms with van der Waals surface area (Å²) in [7, 11) is 1.52. The molecule has 1 aromatic rings. The largest absolute Gasteiger partial charge is 0.497 e. The molecule has 0 aliphatic rings. The molecule has 0 saturated heterocycles. The van der Waals surface area contributed by atoms with Gasteiger partial charge in [0.2, 0.25) is 3.79 Å². The summed E-state index contributed by atoms with van der Waals surface area (Å²) < 4.78 is 2.95. The van der Waals surface area contributed by atoms with Crippen LogP contribution in [0, 0.1) is 11.3 Å². The first-order valence-electron chi connectivity index (χ1n) is 5.22. The van der Waals surface area contributed by atoms with E-state index in [1.807, 2.05) is 0 Å². The molecule has 0 aromatic heterocycles. The molecular formula is C12H10Cl3N3O2. The molecule has 3 N–H and O–H groups in total. The summed E-state index contributed by atoms with van der Waals surface area (Å²) in [5, 5.41) is 11.4. The number of nitrogens with one attached hydrogen (secondary N) is 1. The minimum atomic E-state index is -2.03. The second kappa shape index (κ2) is 6.71. The van der Waals surface area contributed by atoms with Gasteiger partial charge in [-0.25, -0.2) is 0 Å². The van der Waals surface area contributed by atoms with Crippen molar-refractivity contribution in [2.75, 3.05) is 12.4 Å². The van der Waals surface area contributed by atoms with Crippen LogP contribution in [0.15, 0.2) is 35.5 Å². The molecule has 1 amide bonds. The Morgan fingerprint density at radius 2 is 1.90 bits per heavy atom. The molecule has 0 heterocycles. The Bertz CT molecular complexity index is 571. The summed E-state index contributed by atoms with van der Waals surface area (Å²) in [6, 6.07) is 8.09. The summed E-state index contributed by atoms with van der Waals surface area (Å²) in [6.45, 7) is 0. The Balaban J connectivity index is 2.97. The molecule has 1 aromatic carbocycles. The van der Waals surface area contributed by atoms with Gasteiger partial charge < -0.3 is 15.8 Å². The van der Waals surface area contributed by atoms with Gasteiger partial charge in [-0.3, -0.25) is 4.79 Å². The minimum absolute atomic E-state index is 0.434. The van der Waals surface area contributed by atoms with Crippen LogP contribution in [0.5, 0.6) is 5.75 Å². The van der Waals surface area contributed by atoms with Gasteiger partial charge >= 0.3 is 0 Å². The number of rotatable bonds is 3. The summed E-state index contributed by atoms with van der Waals surface area (Å²) in [5.41, 5.74) is 5.04. The molecule has 0 atom stereocenters. The van der Waals surface area contributed by atoms with Crippen molar-refractivity contribution >= 4 is 46.4 Å². The normalized spacial score (nSPS) is 12.2. The lowest BCUT2D eigenvalue weighted by Gasteiger charge is -2.13. The highest BCUT2D eigenvalue weighted by Crippen LogP contribution is 2.33. The number of nitriles is 1. The number of carbonyl (C=O) groups excluding carboxylic acids is 1. The maximum atomic E-state index is 11.9. The van der Waals surface area contributed by atoms with E-state index in [1.165, 1.54) is 7.11 Å². The van der Waals surface area contributed by atoms with Gasteiger partial charge in [-0.2, -0.15) is 5.26 Å². The Morgan fingerprint density at radius 1 is 1.35 bits per heavy atom. The van der Waals surface area contributed by atoms with Crippen molar-refractivity contribution in [1.82, 2.24) is 0 Å². The molecule has 0 bridgehead atoms. The number of allylic oxidation sites excluding steroid dienone is 1. The van der Waals surface area contributed by atoms with Gasteiger partial charge in [0.15, 0.2) is 0 Å². The van der Waals surface area contributed by atoms with E-state index in [9.17, 15) is 4.79 Å². The van der Waals surface area contributed by atoms with Gasteiger partial charge in [-0.1, -0.05) is 34.8 Å². The van der Waals surface area contributed by atoms with Gasteiger partial charge in [0, 0.05) is 5.69 Å². The molecule has 1 rings (SSSR count). The number of anilines is 1. The number of hydrogen-bond donors (Lipinski definition) is 2. The molecule has 106 valence electrons.